The summed E-state index contributed by atoms with van der Waals surface area (Å²) in [6.07, 6.45) is 0. The van der Waals surface area contributed by atoms with Gasteiger partial charge in [-0.2, -0.15) is 0 Å². The predicted molar refractivity (Wildman–Crippen MR) is 133 cm³/mol. The molecule has 0 saturated carbocycles. The molecular weight excluding hydrogens is 459 g/mol. The molecule has 1 N–H and O–H groups in total. The Morgan fingerprint density at radius 2 is 1.67 bits per heavy atom. The molecule has 1 fully saturated rings. The van der Waals surface area contributed by atoms with E-state index in [4.69, 9.17) is 0 Å². The Kier molecular flexibility index (Phi) is 7.33. The maximum atomic E-state index is 13.3. The van der Waals surface area contributed by atoms with Gasteiger partial charge in [-0.25, -0.2) is 17.5 Å². The molecule has 1 aromatic heterocycles. The van der Waals surface area contributed by atoms with Gasteiger partial charge >= 0.3 is 0 Å². The summed E-state index contributed by atoms with van der Waals surface area (Å²) in [5, 5.41) is 1.76. The van der Waals surface area contributed by atoms with Crippen LogP contribution in [-0.2, 0) is 10.0 Å². The van der Waals surface area contributed by atoms with Crippen molar-refractivity contribution in [1.29, 1.82) is 0 Å². The number of piperazine rings is 1. The molecule has 0 radical (unpaired) electrons. The van der Waals surface area contributed by atoms with Crippen molar-refractivity contribution in [3.63, 3.8) is 0 Å². The third-order valence-electron chi connectivity index (χ3n) is 5.97. The van der Waals surface area contributed by atoms with Crippen LogP contribution < -0.4 is 14.5 Å². The number of sulfonamides is 1. The van der Waals surface area contributed by atoms with E-state index in [2.05, 4.69) is 38.8 Å². The SMILES string of the molecule is CN(C)c1ccc([C@H](CNS(=O)(=O)c2cccs2)N2CCN(c3ccc(F)cc3)CC2)cc1. The second-order valence-electron chi connectivity index (χ2n) is 8.29. The second-order valence-corrected chi connectivity index (χ2v) is 11.2. The molecule has 1 saturated heterocycles. The first-order valence-electron chi connectivity index (χ1n) is 10.9. The molecule has 0 bridgehead atoms. The van der Waals surface area contributed by atoms with E-state index in [1.165, 1.54) is 23.5 Å². The van der Waals surface area contributed by atoms with Gasteiger partial charge in [-0.3, -0.25) is 4.90 Å². The third-order valence-corrected chi connectivity index (χ3v) is 8.79. The van der Waals surface area contributed by atoms with Gasteiger partial charge in [0.2, 0.25) is 10.0 Å². The minimum atomic E-state index is -3.55. The van der Waals surface area contributed by atoms with Crippen molar-refractivity contribution in [2.45, 2.75) is 10.3 Å². The zero-order valence-electron chi connectivity index (χ0n) is 18.8. The molecule has 0 amide bonds. The highest BCUT2D eigenvalue weighted by atomic mass is 32.2. The van der Waals surface area contributed by atoms with Crippen molar-refractivity contribution in [3.8, 4) is 0 Å². The number of halogens is 1. The minimum absolute atomic E-state index is 0.0914. The Morgan fingerprint density at radius 3 is 2.24 bits per heavy atom. The van der Waals surface area contributed by atoms with Gasteiger partial charge in [-0.1, -0.05) is 18.2 Å². The van der Waals surface area contributed by atoms with Gasteiger partial charge in [0, 0.05) is 64.2 Å². The summed E-state index contributed by atoms with van der Waals surface area (Å²) in [4.78, 5) is 6.60. The standard InChI is InChI=1S/C24H29FN4O2S2/c1-27(2)21-9-5-19(6-10-21)23(18-26-33(30,31)24-4-3-17-32-24)29-15-13-28(14-16-29)22-11-7-20(25)8-12-22/h3-12,17,23,26H,13-16,18H2,1-2H3/t23-/m0/s1. The number of thiophene rings is 1. The molecule has 1 aliphatic heterocycles. The lowest BCUT2D eigenvalue weighted by molar-refractivity contribution is 0.187. The molecule has 4 rings (SSSR count). The fourth-order valence-electron chi connectivity index (χ4n) is 4.07. The molecule has 2 aromatic carbocycles. The van der Waals surface area contributed by atoms with Crippen LogP contribution in [0.5, 0.6) is 0 Å². The number of nitrogens with zero attached hydrogens (tertiary/aromatic N) is 3. The number of nitrogens with one attached hydrogen (secondary N) is 1. The number of rotatable bonds is 8. The van der Waals surface area contributed by atoms with Gasteiger partial charge in [-0.15, -0.1) is 11.3 Å². The van der Waals surface area contributed by atoms with Crippen LogP contribution >= 0.6 is 11.3 Å². The first-order valence-corrected chi connectivity index (χ1v) is 13.2. The lowest BCUT2D eigenvalue weighted by Crippen LogP contribution is -2.49. The Hall–Kier alpha value is -2.46. The summed E-state index contributed by atoms with van der Waals surface area (Å²) in [6, 6.07) is 18.1. The maximum absolute atomic E-state index is 13.3. The zero-order chi connectivity index (χ0) is 23.4. The van der Waals surface area contributed by atoms with Crippen molar-refractivity contribution in [2.75, 3.05) is 56.6 Å². The Balaban J connectivity index is 1.50. The largest absolute Gasteiger partial charge is 0.378 e. The lowest BCUT2D eigenvalue weighted by atomic mass is 10.0. The smallest absolute Gasteiger partial charge is 0.250 e. The summed E-state index contributed by atoms with van der Waals surface area (Å²) in [7, 11) is 0.442. The van der Waals surface area contributed by atoms with Crippen LogP contribution in [0.25, 0.3) is 0 Å². The normalized spacial score (nSPS) is 16.0. The van der Waals surface area contributed by atoms with Crippen LogP contribution in [0.4, 0.5) is 15.8 Å². The highest BCUT2D eigenvalue weighted by Crippen LogP contribution is 2.27. The molecule has 176 valence electrons. The van der Waals surface area contributed by atoms with Crippen LogP contribution in [0.2, 0.25) is 0 Å². The number of anilines is 2. The van der Waals surface area contributed by atoms with Gasteiger partial charge in [0.25, 0.3) is 0 Å². The molecule has 1 atom stereocenters. The highest BCUT2D eigenvalue weighted by Gasteiger charge is 2.27. The number of benzene rings is 2. The van der Waals surface area contributed by atoms with E-state index in [0.717, 1.165) is 43.1 Å². The Morgan fingerprint density at radius 1 is 1.00 bits per heavy atom. The van der Waals surface area contributed by atoms with E-state index in [9.17, 15) is 12.8 Å². The van der Waals surface area contributed by atoms with Crippen molar-refractivity contribution in [1.82, 2.24) is 9.62 Å². The van der Waals surface area contributed by atoms with Gasteiger partial charge in [0.1, 0.15) is 10.0 Å². The highest BCUT2D eigenvalue weighted by molar-refractivity contribution is 7.91. The molecule has 0 unspecified atom stereocenters. The average Bonchev–Trinajstić information content (AvgIpc) is 3.37. The first-order chi connectivity index (χ1) is 15.8. The van der Waals surface area contributed by atoms with Crippen molar-refractivity contribution < 1.29 is 12.8 Å². The molecule has 3 aromatic rings. The minimum Gasteiger partial charge on any atom is -0.378 e. The van der Waals surface area contributed by atoms with Gasteiger partial charge in [0.15, 0.2) is 0 Å². The van der Waals surface area contributed by atoms with Crippen LogP contribution in [0.15, 0.2) is 70.3 Å². The predicted octanol–water partition coefficient (Wildman–Crippen LogP) is 3.80. The molecule has 6 nitrogen and oxygen atoms in total. The quantitative estimate of drug-likeness (QED) is 0.523. The van der Waals surface area contributed by atoms with Gasteiger partial charge in [0.05, 0.1) is 0 Å². The number of hydrogen-bond donors (Lipinski definition) is 1. The molecule has 0 spiro atoms. The Labute approximate surface area is 199 Å². The fourth-order valence-corrected chi connectivity index (χ4v) is 6.15. The van der Waals surface area contributed by atoms with Gasteiger partial charge in [-0.05, 0) is 53.4 Å². The van der Waals surface area contributed by atoms with E-state index in [-0.39, 0.29) is 18.4 Å². The van der Waals surface area contributed by atoms with E-state index in [1.54, 1.807) is 29.6 Å². The van der Waals surface area contributed by atoms with Crippen molar-refractivity contribution in [2.24, 2.45) is 0 Å². The van der Waals surface area contributed by atoms with Crippen LogP contribution in [0.1, 0.15) is 11.6 Å². The summed E-state index contributed by atoms with van der Waals surface area (Å²) < 4.78 is 41.9. The van der Waals surface area contributed by atoms with E-state index < -0.39 is 10.0 Å². The van der Waals surface area contributed by atoms with E-state index in [0.29, 0.717) is 4.21 Å². The zero-order valence-corrected chi connectivity index (χ0v) is 20.4. The Bertz CT molecular complexity index is 1130. The first kappa shape index (κ1) is 23.7. The van der Waals surface area contributed by atoms with E-state index in [1.807, 2.05) is 19.0 Å². The molecule has 1 aliphatic rings. The third kappa shape index (κ3) is 5.73. The molecule has 0 aliphatic carbocycles. The van der Waals surface area contributed by atoms with Crippen LogP contribution in [-0.4, -0.2) is 60.1 Å². The molecule has 9 heteroatoms. The summed E-state index contributed by atoms with van der Waals surface area (Å²) in [6.45, 7) is 3.42. The monoisotopic (exact) mass is 488 g/mol. The van der Waals surface area contributed by atoms with E-state index >= 15 is 0 Å². The van der Waals surface area contributed by atoms with Crippen molar-refractivity contribution in [3.05, 3.63) is 77.4 Å². The molecule has 33 heavy (non-hydrogen) atoms. The lowest BCUT2D eigenvalue weighted by Gasteiger charge is -2.40. The molecule has 2 heterocycles. The van der Waals surface area contributed by atoms with Crippen LogP contribution in [0, 0.1) is 5.82 Å². The van der Waals surface area contributed by atoms with Crippen LogP contribution in [0.3, 0.4) is 0 Å². The van der Waals surface area contributed by atoms with Crippen molar-refractivity contribution >= 4 is 32.7 Å². The average molecular weight is 489 g/mol. The molecular formula is C24H29FN4O2S2. The summed E-state index contributed by atoms with van der Waals surface area (Å²) in [5.41, 5.74) is 3.17. The topological polar surface area (TPSA) is 55.9 Å². The second kappa shape index (κ2) is 10.2. The fraction of sp³-hybridized carbons (Fsp3) is 0.333. The van der Waals surface area contributed by atoms with Gasteiger partial charge < -0.3 is 9.80 Å². The maximum Gasteiger partial charge on any atom is 0.250 e. The summed E-state index contributed by atoms with van der Waals surface area (Å²) >= 11 is 1.21. The number of hydrogen-bond acceptors (Lipinski definition) is 6. The summed E-state index contributed by atoms with van der Waals surface area (Å²) in [5.74, 6) is -0.239.